The van der Waals surface area contributed by atoms with E-state index in [0.717, 1.165) is 22.8 Å². The molecule has 1 aromatic carbocycles. The molecule has 0 aliphatic heterocycles. The summed E-state index contributed by atoms with van der Waals surface area (Å²) in [5, 5.41) is 2.38. The van der Waals surface area contributed by atoms with E-state index >= 15 is 0 Å². The van der Waals surface area contributed by atoms with Gasteiger partial charge in [-0.1, -0.05) is 0 Å². The standard InChI is InChI=1S/C22H21N3O3S/c1-4-28-17-7-5-16(6-8-17)25-14(2)11-19(15(25)3)20(26)12-24-13-23-21-18(22(24)27)9-10-29-21/h5-11,13H,4,12H2,1-3H3. The van der Waals surface area contributed by atoms with Crippen LogP contribution in [0.15, 0.2) is 52.9 Å². The number of hydrogen-bond donors (Lipinski definition) is 0. The van der Waals surface area contributed by atoms with E-state index in [9.17, 15) is 9.59 Å². The van der Waals surface area contributed by atoms with Crippen LogP contribution in [0.4, 0.5) is 0 Å². The summed E-state index contributed by atoms with van der Waals surface area (Å²) in [6.45, 7) is 6.41. The van der Waals surface area contributed by atoms with Gasteiger partial charge in [-0.3, -0.25) is 14.2 Å². The Labute approximate surface area is 172 Å². The zero-order chi connectivity index (χ0) is 20.5. The van der Waals surface area contributed by atoms with E-state index in [1.165, 1.54) is 22.2 Å². The second-order valence-electron chi connectivity index (χ2n) is 6.79. The topological polar surface area (TPSA) is 66.1 Å². The van der Waals surface area contributed by atoms with Gasteiger partial charge in [0.05, 0.1) is 24.9 Å². The predicted octanol–water partition coefficient (Wildman–Crippen LogP) is 4.15. The maximum absolute atomic E-state index is 13.0. The molecule has 4 rings (SSSR count). The predicted molar refractivity (Wildman–Crippen MR) is 115 cm³/mol. The minimum atomic E-state index is -0.190. The van der Waals surface area contributed by atoms with Crippen molar-refractivity contribution in [3.8, 4) is 11.4 Å². The fraction of sp³-hybridized carbons (Fsp3) is 0.227. The molecule has 0 atom stereocenters. The molecule has 0 radical (unpaired) electrons. The normalized spacial score (nSPS) is 11.1. The van der Waals surface area contributed by atoms with Gasteiger partial charge in [-0.05, 0) is 62.5 Å². The Balaban J connectivity index is 1.65. The molecular formula is C22H21N3O3S. The minimum absolute atomic E-state index is 0.0365. The number of ketones is 1. The third-order valence-electron chi connectivity index (χ3n) is 4.90. The fourth-order valence-corrected chi connectivity index (χ4v) is 4.27. The lowest BCUT2D eigenvalue weighted by Crippen LogP contribution is -2.24. The zero-order valence-corrected chi connectivity index (χ0v) is 17.3. The summed E-state index contributed by atoms with van der Waals surface area (Å²) in [5.74, 6) is 0.694. The molecule has 29 heavy (non-hydrogen) atoms. The van der Waals surface area contributed by atoms with Crippen LogP contribution < -0.4 is 10.3 Å². The van der Waals surface area contributed by atoms with Crippen molar-refractivity contribution < 1.29 is 9.53 Å². The molecule has 0 spiro atoms. The molecule has 7 heteroatoms. The van der Waals surface area contributed by atoms with Crippen molar-refractivity contribution in [2.24, 2.45) is 0 Å². The summed E-state index contributed by atoms with van der Waals surface area (Å²) >= 11 is 1.41. The first-order valence-corrected chi connectivity index (χ1v) is 10.3. The molecule has 0 N–H and O–H groups in total. The number of ether oxygens (including phenoxy) is 1. The van der Waals surface area contributed by atoms with Crippen LogP contribution in [0.2, 0.25) is 0 Å². The smallest absolute Gasteiger partial charge is 0.262 e. The highest BCUT2D eigenvalue weighted by molar-refractivity contribution is 7.16. The first kappa shape index (κ1) is 19.1. The van der Waals surface area contributed by atoms with Crippen molar-refractivity contribution in [3.63, 3.8) is 0 Å². The van der Waals surface area contributed by atoms with Gasteiger partial charge in [0, 0.05) is 22.6 Å². The molecule has 0 fully saturated rings. The molecule has 0 saturated heterocycles. The van der Waals surface area contributed by atoms with E-state index in [0.29, 0.717) is 22.4 Å². The number of thiophene rings is 1. The van der Waals surface area contributed by atoms with Gasteiger partial charge in [0.15, 0.2) is 5.78 Å². The molecular weight excluding hydrogens is 386 g/mol. The van der Waals surface area contributed by atoms with Crippen molar-refractivity contribution in [2.45, 2.75) is 27.3 Å². The molecule has 0 unspecified atom stereocenters. The molecule has 6 nitrogen and oxygen atoms in total. The Morgan fingerprint density at radius 3 is 2.66 bits per heavy atom. The van der Waals surface area contributed by atoms with Gasteiger partial charge in [0.25, 0.3) is 5.56 Å². The van der Waals surface area contributed by atoms with Crippen molar-refractivity contribution in [2.75, 3.05) is 6.61 Å². The summed E-state index contributed by atoms with van der Waals surface area (Å²) in [7, 11) is 0. The fourth-order valence-electron chi connectivity index (χ4n) is 3.55. The van der Waals surface area contributed by atoms with Crippen LogP contribution in [0.1, 0.15) is 28.7 Å². The Morgan fingerprint density at radius 1 is 1.17 bits per heavy atom. The number of aryl methyl sites for hydroxylation is 1. The average Bonchev–Trinajstić information content (AvgIpc) is 3.30. The third-order valence-corrected chi connectivity index (χ3v) is 5.72. The third kappa shape index (κ3) is 3.49. The number of aromatic nitrogens is 3. The Morgan fingerprint density at radius 2 is 1.93 bits per heavy atom. The van der Waals surface area contributed by atoms with E-state index in [-0.39, 0.29) is 17.9 Å². The van der Waals surface area contributed by atoms with Crippen LogP contribution in [-0.2, 0) is 6.54 Å². The quantitative estimate of drug-likeness (QED) is 0.451. The van der Waals surface area contributed by atoms with Crippen LogP contribution in [0.5, 0.6) is 5.75 Å². The van der Waals surface area contributed by atoms with E-state index < -0.39 is 0 Å². The molecule has 0 saturated carbocycles. The Hall–Kier alpha value is -3.19. The number of nitrogens with zero attached hydrogens (tertiary/aromatic N) is 3. The van der Waals surface area contributed by atoms with Crippen LogP contribution in [0, 0.1) is 13.8 Å². The lowest BCUT2D eigenvalue weighted by Gasteiger charge is -2.11. The van der Waals surface area contributed by atoms with Gasteiger partial charge >= 0.3 is 0 Å². The van der Waals surface area contributed by atoms with E-state index in [4.69, 9.17) is 4.74 Å². The highest BCUT2D eigenvalue weighted by atomic mass is 32.1. The number of Topliss-reactive ketones (excluding diaryl/α,β-unsaturated/α-hetero) is 1. The van der Waals surface area contributed by atoms with Crippen LogP contribution in [0.3, 0.4) is 0 Å². The first-order valence-electron chi connectivity index (χ1n) is 9.37. The Kier molecular flexibility index (Phi) is 5.07. The SMILES string of the molecule is CCOc1ccc(-n2c(C)cc(C(=O)Cn3cnc4sccc4c3=O)c2C)cc1. The van der Waals surface area contributed by atoms with E-state index in [2.05, 4.69) is 4.98 Å². The van der Waals surface area contributed by atoms with Gasteiger partial charge in [-0.2, -0.15) is 0 Å². The van der Waals surface area contributed by atoms with Crippen LogP contribution in [-0.4, -0.2) is 26.5 Å². The first-order chi connectivity index (χ1) is 14.0. The highest BCUT2D eigenvalue weighted by Crippen LogP contribution is 2.23. The summed E-state index contributed by atoms with van der Waals surface area (Å²) in [6, 6.07) is 11.4. The van der Waals surface area contributed by atoms with Crippen molar-refractivity contribution >= 4 is 27.3 Å². The van der Waals surface area contributed by atoms with Gasteiger partial charge in [0.1, 0.15) is 10.6 Å². The van der Waals surface area contributed by atoms with Gasteiger partial charge in [0.2, 0.25) is 0 Å². The monoisotopic (exact) mass is 407 g/mol. The number of hydrogen-bond acceptors (Lipinski definition) is 5. The number of carbonyl (C=O) groups excluding carboxylic acids is 1. The second kappa shape index (κ2) is 7.67. The van der Waals surface area contributed by atoms with Gasteiger partial charge in [-0.15, -0.1) is 11.3 Å². The summed E-state index contributed by atoms with van der Waals surface area (Å²) in [5.41, 5.74) is 3.17. The molecule has 0 aliphatic carbocycles. The molecule has 0 bridgehead atoms. The average molecular weight is 407 g/mol. The summed E-state index contributed by atoms with van der Waals surface area (Å²) in [6.07, 6.45) is 1.45. The van der Waals surface area contributed by atoms with Crippen molar-refractivity contribution in [1.29, 1.82) is 0 Å². The maximum atomic E-state index is 13.0. The van der Waals surface area contributed by atoms with Crippen molar-refractivity contribution in [3.05, 3.63) is 75.4 Å². The zero-order valence-electron chi connectivity index (χ0n) is 16.5. The molecule has 4 aromatic rings. The number of benzene rings is 1. The largest absolute Gasteiger partial charge is 0.494 e. The Bertz CT molecular complexity index is 1250. The second-order valence-corrected chi connectivity index (χ2v) is 7.68. The lowest BCUT2D eigenvalue weighted by molar-refractivity contribution is 0.0970. The van der Waals surface area contributed by atoms with Crippen molar-refractivity contribution in [1.82, 2.24) is 14.1 Å². The number of rotatable bonds is 6. The minimum Gasteiger partial charge on any atom is -0.494 e. The molecule has 0 aliphatic rings. The lowest BCUT2D eigenvalue weighted by atomic mass is 10.1. The van der Waals surface area contributed by atoms with E-state index in [1.54, 1.807) is 6.07 Å². The van der Waals surface area contributed by atoms with Gasteiger partial charge < -0.3 is 9.30 Å². The maximum Gasteiger partial charge on any atom is 0.262 e. The summed E-state index contributed by atoms with van der Waals surface area (Å²) in [4.78, 5) is 30.5. The molecule has 3 heterocycles. The number of fused-ring (bicyclic) bond motifs is 1. The van der Waals surface area contributed by atoms with Crippen LogP contribution in [0.25, 0.3) is 15.9 Å². The van der Waals surface area contributed by atoms with E-state index in [1.807, 2.05) is 61.1 Å². The van der Waals surface area contributed by atoms with Gasteiger partial charge in [-0.25, -0.2) is 4.98 Å². The molecule has 3 aromatic heterocycles. The highest BCUT2D eigenvalue weighted by Gasteiger charge is 2.18. The van der Waals surface area contributed by atoms with Crippen LogP contribution >= 0.6 is 11.3 Å². The number of carbonyl (C=O) groups is 1. The molecule has 0 amide bonds. The summed E-state index contributed by atoms with van der Waals surface area (Å²) < 4.78 is 8.91. The molecule has 148 valence electrons.